The first-order valence-electron chi connectivity index (χ1n) is 8.56. The van der Waals surface area contributed by atoms with Crippen LogP contribution in [0.2, 0.25) is 0 Å². The fourth-order valence-corrected chi connectivity index (χ4v) is 2.90. The van der Waals surface area contributed by atoms with Crippen LogP contribution in [0.1, 0.15) is 37.4 Å². The van der Waals surface area contributed by atoms with Crippen LogP contribution in [0, 0.1) is 20.8 Å². The molecular weight excluding hydrogens is 322 g/mol. The number of anilines is 1. The summed E-state index contributed by atoms with van der Waals surface area (Å²) in [7, 11) is 0. The smallest absolute Gasteiger partial charge is 0.266 e. The number of aryl methyl sites for hydroxylation is 3. The van der Waals surface area contributed by atoms with Gasteiger partial charge in [-0.05, 0) is 44.5 Å². The minimum Gasteiger partial charge on any atom is -0.268 e. The molecule has 3 heteroatoms. The molecule has 4 rings (SSSR count). The van der Waals surface area contributed by atoms with Crippen LogP contribution in [0.5, 0.6) is 0 Å². The van der Waals surface area contributed by atoms with Crippen LogP contribution in [0.4, 0.5) is 5.69 Å². The van der Waals surface area contributed by atoms with Gasteiger partial charge in [-0.1, -0.05) is 65.7 Å². The molecule has 130 valence electrons. The molecule has 0 atom stereocenters. The van der Waals surface area contributed by atoms with Crippen LogP contribution < -0.4 is 4.90 Å². The van der Waals surface area contributed by atoms with Gasteiger partial charge in [-0.15, -0.1) is 0 Å². The number of para-hydroxylation sites is 1. The lowest BCUT2D eigenvalue weighted by Gasteiger charge is -2.13. The van der Waals surface area contributed by atoms with Crippen molar-refractivity contribution < 1.29 is 9.59 Å². The quantitative estimate of drug-likeness (QED) is 0.577. The molecule has 0 N–H and O–H groups in total. The summed E-state index contributed by atoms with van der Waals surface area (Å²) >= 11 is 0. The second kappa shape index (κ2) is 7.36. The maximum absolute atomic E-state index is 12.3. The van der Waals surface area contributed by atoms with E-state index >= 15 is 0 Å². The standard InChI is InChI=1S/C15H11NO2.C8H10/c1-10-6-5-9-12-13(10)15(18)16(14(12)17)11-7-3-2-4-8-11;1-7-3-5-8(2)6-4-7/h2-9H,1H3;3-6H,1-2H3. The molecule has 3 nitrogen and oxygen atoms in total. The number of nitrogens with zero attached hydrogens (tertiary/aromatic N) is 1. The maximum Gasteiger partial charge on any atom is 0.266 e. The number of fused-ring (bicyclic) bond motifs is 1. The van der Waals surface area contributed by atoms with Gasteiger partial charge in [0.2, 0.25) is 0 Å². The molecule has 0 unspecified atom stereocenters. The molecular formula is C23H21NO2. The third-order valence-corrected chi connectivity index (χ3v) is 4.36. The van der Waals surface area contributed by atoms with Crippen LogP contribution in [-0.2, 0) is 0 Å². The monoisotopic (exact) mass is 343 g/mol. The van der Waals surface area contributed by atoms with E-state index in [-0.39, 0.29) is 11.8 Å². The van der Waals surface area contributed by atoms with Gasteiger partial charge in [-0.2, -0.15) is 0 Å². The number of rotatable bonds is 1. The lowest BCUT2D eigenvalue weighted by atomic mass is 10.0. The second-order valence-electron chi connectivity index (χ2n) is 6.43. The van der Waals surface area contributed by atoms with Gasteiger partial charge < -0.3 is 0 Å². The van der Waals surface area contributed by atoms with Gasteiger partial charge in [0.05, 0.1) is 16.8 Å². The summed E-state index contributed by atoms with van der Waals surface area (Å²) < 4.78 is 0. The summed E-state index contributed by atoms with van der Waals surface area (Å²) in [6, 6.07) is 22.8. The van der Waals surface area contributed by atoms with Crippen LogP contribution in [0.15, 0.2) is 72.8 Å². The molecule has 0 aliphatic carbocycles. The summed E-state index contributed by atoms with van der Waals surface area (Å²) in [5.74, 6) is -0.482. The molecule has 0 saturated heterocycles. The predicted molar refractivity (Wildman–Crippen MR) is 105 cm³/mol. The average Bonchev–Trinajstić information content (AvgIpc) is 2.91. The Labute approximate surface area is 153 Å². The van der Waals surface area contributed by atoms with Crippen LogP contribution in [0.25, 0.3) is 0 Å². The predicted octanol–water partition coefficient (Wildman–Crippen LogP) is 5.10. The normalized spacial score (nSPS) is 12.5. The zero-order chi connectivity index (χ0) is 18.7. The van der Waals surface area contributed by atoms with Crippen molar-refractivity contribution in [3.63, 3.8) is 0 Å². The Morgan fingerprint density at radius 1 is 0.615 bits per heavy atom. The third-order valence-electron chi connectivity index (χ3n) is 4.36. The van der Waals surface area contributed by atoms with Gasteiger partial charge in [0.1, 0.15) is 0 Å². The van der Waals surface area contributed by atoms with E-state index in [4.69, 9.17) is 0 Å². The molecule has 1 aliphatic heterocycles. The molecule has 1 heterocycles. The van der Waals surface area contributed by atoms with Gasteiger partial charge in [0, 0.05) is 0 Å². The third kappa shape index (κ3) is 3.42. The zero-order valence-corrected chi connectivity index (χ0v) is 15.2. The van der Waals surface area contributed by atoms with Crippen molar-refractivity contribution in [2.24, 2.45) is 0 Å². The minimum absolute atomic E-state index is 0.237. The number of carbonyl (C=O) groups excluding carboxylic acids is 2. The van der Waals surface area contributed by atoms with Gasteiger partial charge in [0.25, 0.3) is 11.8 Å². The van der Waals surface area contributed by atoms with Crippen LogP contribution >= 0.6 is 0 Å². The highest BCUT2D eigenvalue weighted by Crippen LogP contribution is 2.29. The van der Waals surface area contributed by atoms with Crippen molar-refractivity contribution in [3.8, 4) is 0 Å². The molecule has 2 amide bonds. The van der Waals surface area contributed by atoms with Gasteiger partial charge in [-0.3, -0.25) is 9.59 Å². The largest absolute Gasteiger partial charge is 0.268 e. The van der Waals surface area contributed by atoms with E-state index in [1.54, 1.807) is 24.3 Å². The number of imide groups is 1. The zero-order valence-electron chi connectivity index (χ0n) is 15.2. The van der Waals surface area contributed by atoms with Gasteiger partial charge in [0.15, 0.2) is 0 Å². The minimum atomic E-state index is -0.245. The maximum atomic E-state index is 12.3. The lowest BCUT2D eigenvalue weighted by molar-refractivity contribution is 0.0926. The summed E-state index contributed by atoms with van der Waals surface area (Å²) in [5.41, 5.74) is 5.12. The van der Waals surface area contributed by atoms with E-state index in [2.05, 4.69) is 38.1 Å². The van der Waals surface area contributed by atoms with Crippen LogP contribution in [-0.4, -0.2) is 11.8 Å². The Balaban J connectivity index is 0.000000206. The van der Waals surface area contributed by atoms with E-state index in [0.29, 0.717) is 16.8 Å². The molecule has 0 saturated carbocycles. The van der Waals surface area contributed by atoms with Crippen molar-refractivity contribution in [1.82, 2.24) is 0 Å². The van der Waals surface area contributed by atoms with Gasteiger partial charge >= 0.3 is 0 Å². The van der Waals surface area contributed by atoms with E-state index in [1.165, 1.54) is 16.0 Å². The molecule has 0 fully saturated rings. The fourth-order valence-electron chi connectivity index (χ4n) is 2.90. The first kappa shape index (κ1) is 17.6. The summed E-state index contributed by atoms with van der Waals surface area (Å²) in [6.07, 6.45) is 0. The molecule has 0 radical (unpaired) electrons. The highest BCUT2D eigenvalue weighted by molar-refractivity contribution is 6.34. The number of benzene rings is 3. The highest BCUT2D eigenvalue weighted by atomic mass is 16.2. The molecule has 0 aromatic heterocycles. The average molecular weight is 343 g/mol. The first-order valence-corrected chi connectivity index (χ1v) is 8.56. The van der Waals surface area contributed by atoms with Crippen molar-refractivity contribution in [2.75, 3.05) is 4.90 Å². The van der Waals surface area contributed by atoms with E-state index in [0.717, 1.165) is 5.56 Å². The Kier molecular flexibility index (Phi) is 4.99. The molecule has 26 heavy (non-hydrogen) atoms. The lowest BCUT2D eigenvalue weighted by Crippen LogP contribution is -2.29. The summed E-state index contributed by atoms with van der Waals surface area (Å²) in [5, 5.41) is 0. The second-order valence-corrected chi connectivity index (χ2v) is 6.43. The van der Waals surface area contributed by atoms with Crippen molar-refractivity contribution in [3.05, 3.63) is 101 Å². The SMILES string of the molecule is Cc1ccc(C)cc1.Cc1cccc2c1C(=O)N(c1ccccc1)C2=O. The van der Waals surface area contributed by atoms with E-state index < -0.39 is 0 Å². The number of hydrogen-bond donors (Lipinski definition) is 0. The molecule has 1 aliphatic rings. The van der Waals surface area contributed by atoms with Crippen molar-refractivity contribution in [1.29, 1.82) is 0 Å². The Morgan fingerprint density at radius 2 is 1.19 bits per heavy atom. The van der Waals surface area contributed by atoms with Crippen molar-refractivity contribution >= 4 is 17.5 Å². The topological polar surface area (TPSA) is 37.4 Å². The molecule has 0 bridgehead atoms. The number of carbonyl (C=O) groups is 2. The molecule has 3 aromatic carbocycles. The van der Waals surface area contributed by atoms with Crippen LogP contribution in [0.3, 0.4) is 0 Å². The number of hydrogen-bond acceptors (Lipinski definition) is 2. The summed E-state index contributed by atoms with van der Waals surface area (Å²) in [4.78, 5) is 25.8. The van der Waals surface area contributed by atoms with E-state index in [9.17, 15) is 9.59 Å². The van der Waals surface area contributed by atoms with Gasteiger partial charge in [-0.25, -0.2) is 4.90 Å². The molecule has 0 spiro atoms. The molecule has 3 aromatic rings. The van der Waals surface area contributed by atoms with E-state index in [1.807, 2.05) is 31.2 Å². The fraction of sp³-hybridized carbons (Fsp3) is 0.130. The van der Waals surface area contributed by atoms with Crippen molar-refractivity contribution in [2.45, 2.75) is 20.8 Å². The Bertz CT molecular complexity index is 923. The Hall–Kier alpha value is -3.20. The number of amides is 2. The summed E-state index contributed by atoms with van der Waals surface area (Å²) in [6.45, 7) is 6.04. The first-order chi connectivity index (χ1) is 12.5. The Morgan fingerprint density at radius 3 is 1.73 bits per heavy atom. The highest BCUT2D eigenvalue weighted by Gasteiger charge is 2.37.